The van der Waals surface area contributed by atoms with E-state index in [1.807, 2.05) is 0 Å². The number of aliphatic hydroxyl groups excluding tert-OH is 1. The summed E-state index contributed by atoms with van der Waals surface area (Å²) in [6.07, 6.45) is 1.13. The van der Waals surface area contributed by atoms with Crippen molar-refractivity contribution in [2.45, 2.75) is 11.5 Å². The van der Waals surface area contributed by atoms with Crippen molar-refractivity contribution in [3.63, 3.8) is 0 Å². The largest absolute Gasteiger partial charge is 0.392 e. The molecular weight excluding hydrogens is 268 g/mol. The number of benzene rings is 1. The molecule has 0 saturated carbocycles. The standard InChI is InChI=1S/C12H12N2O4S/c15-8-9-1-3-10(4-2-9)14-19(17,18)11-5-6-12(16)13-7-11/h1-7,14-15H,8H2,(H,13,16). The minimum atomic E-state index is -3.73. The summed E-state index contributed by atoms with van der Waals surface area (Å²) in [4.78, 5) is 13.2. The van der Waals surface area contributed by atoms with Crippen LogP contribution in [-0.2, 0) is 16.6 Å². The summed E-state index contributed by atoms with van der Waals surface area (Å²) in [6, 6.07) is 8.70. The molecule has 1 aromatic heterocycles. The highest BCUT2D eigenvalue weighted by atomic mass is 32.2. The van der Waals surface area contributed by atoms with Crippen LogP contribution in [0, 0.1) is 0 Å². The SMILES string of the molecule is O=c1ccc(S(=O)(=O)Nc2ccc(CO)cc2)c[nH]1. The van der Waals surface area contributed by atoms with Gasteiger partial charge in [-0.25, -0.2) is 8.42 Å². The second-order valence-corrected chi connectivity index (χ2v) is 5.53. The van der Waals surface area contributed by atoms with E-state index in [-0.39, 0.29) is 17.1 Å². The Hall–Kier alpha value is -2.12. The van der Waals surface area contributed by atoms with E-state index in [2.05, 4.69) is 9.71 Å². The third kappa shape index (κ3) is 3.21. The van der Waals surface area contributed by atoms with Crippen molar-refractivity contribution < 1.29 is 13.5 Å². The third-order valence-corrected chi connectivity index (χ3v) is 3.83. The molecule has 0 bridgehead atoms. The summed E-state index contributed by atoms with van der Waals surface area (Å²) in [5, 5.41) is 8.89. The minimum Gasteiger partial charge on any atom is -0.392 e. The smallest absolute Gasteiger partial charge is 0.263 e. The topological polar surface area (TPSA) is 99.3 Å². The van der Waals surface area contributed by atoms with Crippen LogP contribution in [0.1, 0.15) is 5.56 Å². The third-order valence-electron chi connectivity index (χ3n) is 2.45. The van der Waals surface area contributed by atoms with Crippen molar-refractivity contribution in [3.05, 3.63) is 58.5 Å². The fraction of sp³-hybridized carbons (Fsp3) is 0.0833. The molecule has 0 fully saturated rings. The first-order chi connectivity index (χ1) is 9.01. The van der Waals surface area contributed by atoms with Gasteiger partial charge in [0.15, 0.2) is 0 Å². The van der Waals surface area contributed by atoms with Gasteiger partial charge in [0, 0.05) is 18.0 Å². The van der Waals surface area contributed by atoms with Crippen LogP contribution in [0.15, 0.2) is 52.3 Å². The molecule has 6 nitrogen and oxygen atoms in total. The van der Waals surface area contributed by atoms with E-state index in [1.54, 1.807) is 24.3 Å². The van der Waals surface area contributed by atoms with Crippen LogP contribution in [0.25, 0.3) is 0 Å². The molecule has 100 valence electrons. The first-order valence-electron chi connectivity index (χ1n) is 5.42. The van der Waals surface area contributed by atoms with Crippen molar-refractivity contribution in [1.29, 1.82) is 0 Å². The van der Waals surface area contributed by atoms with Crippen molar-refractivity contribution in [3.8, 4) is 0 Å². The highest BCUT2D eigenvalue weighted by Crippen LogP contribution is 2.15. The normalized spacial score (nSPS) is 11.2. The molecule has 0 atom stereocenters. The predicted octanol–water partition coefficient (Wildman–Crippen LogP) is 0.668. The average Bonchev–Trinajstić information content (AvgIpc) is 2.40. The molecule has 0 amide bonds. The Balaban J connectivity index is 2.25. The fourth-order valence-electron chi connectivity index (χ4n) is 1.46. The minimum absolute atomic E-state index is 0.0293. The second-order valence-electron chi connectivity index (χ2n) is 3.85. The Kier molecular flexibility index (Phi) is 3.68. The van der Waals surface area contributed by atoms with E-state index in [1.165, 1.54) is 6.07 Å². The predicted molar refractivity (Wildman–Crippen MR) is 70.2 cm³/mol. The van der Waals surface area contributed by atoms with Crippen LogP contribution in [0.2, 0.25) is 0 Å². The summed E-state index contributed by atoms with van der Waals surface area (Å²) in [7, 11) is -3.73. The van der Waals surface area contributed by atoms with Gasteiger partial charge in [-0.2, -0.15) is 0 Å². The van der Waals surface area contributed by atoms with Crippen LogP contribution in [0.3, 0.4) is 0 Å². The second kappa shape index (κ2) is 5.25. The maximum atomic E-state index is 12.0. The van der Waals surface area contributed by atoms with Gasteiger partial charge in [-0.05, 0) is 23.8 Å². The molecule has 7 heteroatoms. The Labute approximate surface area is 109 Å². The number of aromatic amines is 1. The highest BCUT2D eigenvalue weighted by Gasteiger charge is 2.13. The first kappa shape index (κ1) is 13.3. The van der Waals surface area contributed by atoms with Gasteiger partial charge in [0.1, 0.15) is 4.90 Å². The molecule has 2 rings (SSSR count). The van der Waals surface area contributed by atoms with Gasteiger partial charge in [-0.1, -0.05) is 12.1 Å². The molecule has 0 spiro atoms. The Morgan fingerprint density at radius 2 is 1.79 bits per heavy atom. The lowest BCUT2D eigenvalue weighted by atomic mass is 10.2. The van der Waals surface area contributed by atoms with Crippen LogP contribution in [0.5, 0.6) is 0 Å². The molecule has 0 saturated heterocycles. The quantitative estimate of drug-likeness (QED) is 0.766. The van der Waals surface area contributed by atoms with E-state index >= 15 is 0 Å². The van der Waals surface area contributed by atoms with Gasteiger partial charge in [0.25, 0.3) is 10.0 Å². The van der Waals surface area contributed by atoms with E-state index in [9.17, 15) is 13.2 Å². The molecule has 0 aliphatic rings. The van der Waals surface area contributed by atoms with E-state index in [0.717, 1.165) is 12.3 Å². The van der Waals surface area contributed by atoms with Crippen molar-refractivity contribution in [1.82, 2.24) is 4.98 Å². The lowest BCUT2D eigenvalue weighted by molar-refractivity contribution is 0.282. The molecule has 0 aliphatic heterocycles. The molecule has 1 heterocycles. The molecule has 3 N–H and O–H groups in total. The number of rotatable bonds is 4. The number of anilines is 1. The van der Waals surface area contributed by atoms with Crippen molar-refractivity contribution in [2.24, 2.45) is 0 Å². The molecule has 0 unspecified atom stereocenters. The van der Waals surface area contributed by atoms with Crippen LogP contribution in [0.4, 0.5) is 5.69 Å². The number of H-pyrrole nitrogens is 1. The van der Waals surface area contributed by atoms with Crippen molar-refractivity contribution >= 4 is 15.7 Å². The number of aliphatic hydroxyl groups is 1. The molecule has 19 heavy (non-hydrogen) atoms. The van der Waals surface area contributed by atoms with Crippen LogP contribution < -0.4 is 10.3 Å². The Morgan fingerprint density at radius 1 is 1.11 bits per heavy atom. The lowest BCUT2D eigenvalue weighted by Gasteiger charge is -2.08. The number of nitrogens with one attached hydrogen (secondary N) is 2. The monoisotopic (exact) mass is 280 g/mol. The van der Waals surface area contributed by atoms with E-state index < -0.39 is 10.0 Å². The number of hydrogen-bond acceptors (Lipinski definition) is 4. The fourth-order valence-corrected chi connectivity index (χ4v) is 2.48. The number of hydrogen-bond donors (Lipinski definition) is 3. The van der Waals surface area contributed by atoms with E-state index in [0.29, 0.717) is 11.3 Å². The summed E-state index contributed by atoms with van der Waals surface area (Å²) in [6.45, 7) is -0.104. The zero-order valence-electron chi connectivity index (χ0n) is 9.83. The lowest BCUT2D eigenvalue weighted by Crippen LogP contribution is -2.15. The number of sulfonamides is 1. The van der Waals surface area contributed by atoms with Crippen LogP contribution in [-0.4, -0.2) is 18.5 Å². The Morgan fingerprint density at radius 3 is 2.32 bits per heavy atom. The van der Waals surface area contributed by atoms with Crippen LogP contribution >= 0.6 is 0 Å². The summed E-state index contributed by atoms with van der Waals surface area (Å²) >= 11 is 0. The zero-order chi connectivity index (χ0) is 13.9. The maximum absolute atomic E-state index is 12.0. The maximum Gasteiger partial charge on any atom is 0.263 e. The molecule has 0 radical (unpaired) electrons. The zero-order valence-corrected chi connectivity index (χ0v) is 10.6. The van der Waals surface area contributed by atoms with Gasteiger partial charge in [0.05, 0.1) is 6.61 Å². The number of aromatic nitrogens is 1. The molecular formula is C12H12N2O4S. The van der Waals surface area contributed by atoms with Gasteiger partial charge < -0.3 is 10.1 Å². The summed E-state index contributed by atoms with van der Waals surface area (Å²) < 4.78 is 26.3. The average molecular weight is 280 g/mol. The van der Waals surface area contributed by atoms with Crippen molar-refractivity contribution in [2.75, 3.05) is 4.72 Å². The van der Waals surface area contributed by atoms with Gasteiger partial charge in [0.2, 0.25) is 5.56 Å². The summed E-state index contributed by atoms with van der Waals surface area (Å²) in [5.41, 5.74) is 0.696. The molecule has 1 aromatic carbocycles. The van der Waals surface area contributed by atoms with Gasteiger partial charge in [-0.15, -0.1) is 0 Å². The first-order valence-corrected chi connectivity index (χ1v) is 6.91. The Bertz CT molecular complexity index is 700. The molecule has 2 aromatic rings. The van der Waals surface area contributed by atoms with Gasteiger partial charge in [-0.3, -0.25) is 9.52 Å². The number of pyridine rings is 1. The highest BCUT2D eigenvalue weighted by molar-refractivity contribution is 7.92. The van der Waals surface area contributed by atoms with Gasteiger partial charge >= 0.3 is 0 Å². The molecule has 0 aliphatic carbocycles. The summed E-state index contributed by atoms with van der Waals surface area (Å²) in [5.74, 6) is 0. The van der Waals surface area contributed by atoms with E-state index in [4.69, 9.17) is 5.11 Å².